The first-order chi connectivity index (χ1) is 10.6. The zero-order valence-electron chi connectivity index (χ0n) is 11.7. The maximum atomic E-state index is 12.3. The molecule has 0 radical (unpaired) electrons. The van der Waals surface area contributed by atoms with Crippen LogP contribution >= 0.6 is 11.3 Å². The van der Waals surface area contributed by atoms with Gasteiger partial charge in [-0.25, -0.2) is 15.0 Å². The van der Waals surface area contributed by atoms with Crippen LogP contribution in [0.2, 0.25) is 0 Å². The monoisotopic (exact) mass is 318 g/mol. The fourth-order valence-electron chi connectivity index (χ4n) is 2.43. The van der Waals surface area contributed by atoms with Crippen LogP contribution < -0.4 is 5.32 Å². The van der Waals surface area contributed by atoms with E-state index < -0.39 is 11.5 Å². The van der Waals surface area contributed by atoms with Crippen molar-refractivity contribution in [1.82, 2.24) is 20.3 Å². The molecule has 8 heteroatoms. The third-order valence-corrected chi connectivity index (χ3v) is 4.66. The van der Waals surface area contributed by atoms with Crippen LogP contribution in [0.3, 0.4) is 0 Å². The molecule has 7 nitrogen and oxygen atoms in total. The first-order valence-electron chi connectivity index (χ1n) is 6.86. The predicted molar refractivity (Wildman–Crippen MR) is 79.4 cm³/mol. The number of hydrogen-bond donors (Lipinski definition) is 2. The van der Waals surface area contributed by atoms with Crippen LogP contribution in [0.25, 0.3) is 10.8 Å². The Kier molecular flexibility index (Phi) is 3.84. The molecule has 0 spiro atoms. The van der Waals surface area contributed by atoms with Gasteiger partial charge in [-0.3, -0.25) is 9.59 Å². The molecular formula is C14H14N4O3S. The number of thiazole rings is 1. The summed E-state index contributed by atoms with van der Waals surface area (Å²) in [6.45, 7) is 0. The molecule has 0 unspecified atom stereocenters. The molecule has 0 bridgehead atoms. The zero-order chi connectivity index (χ0) is 15.6. The number of aromatic nitrogens is 3. The number of rotatable bonds is 5. The van der Waals surface area contributed by atoms with Crippen molar-refractivity contribution in [3.05, 3.63) is 29.5 Å². The van der Waals surface area contributed by atoms with Crippen molar-refractivity contribution in [2.45, 2.75) is 31.2 Å². The molecule has 2 heterocycles. The highest BCUT2D eigenvalue weighted by Crippen LogP contribution is 2.35. The topological polar surface area (TPSA) is 105 Å². The van der Waals surface area contributed by atoms with Crippen molar-refractivity contribution in [3.63, 3.8) is 0 Å². The Morgan fingerprint density at radius 3 is 2.59 bits per heavy atom. The Labute approximate surface area is 130 Å². The highest BCUT2D eigenvalue weighted by molar-refractivity contribution is 7.16. The molecule has 2 aromatic rings. The van der Waals surface area contributed by atoms with Gasteiger partial charge >= 0.3 is 5.97 Å². The summed E-state index contributed by atoms with van der Waals surface area (Å²) in [7, 11) is 0. The summed E-state index contributed by atoms with van der Waals surface area (Å²) < 4.78 is 0. The van der Waals surface area contributed by atoms with Gasteiger partial charge in [-0.1, -0.05) is 0 Å². The number of carbonyl (C=O) groups excluding carboxylic acids is 1. The molecule has 2 aromatic heterocycles. The van der Waals surface area contributed by atoms with Crippen molar-refractivity contribution in [3.8, 4) is 10.8 Å². The normalized spacial score (nSPS) is 15.8. The fraction of sp³-hybridized carbons (Fsp3) is 0.357. The largest absolute Gasteiger partial charge is 0.481 e. The summed E-state index contributed by atoms with van der Waals surface area (Å²) in [5.41, 5.74) is -0.615. The Balaban J connectivity index is 1.73. The summed E-state index contributed by atoms with van der Waals surface area (Å²) in [5.74, 6) is -0.723. The van der Waals surface area contributed by atoms with E-state index in [1.54, 1.807) is 18.5 Å². The van der Waals surface area contributed by atoms with E-state index in [4.69, 9.17) is 5.11 Å². The summed E-state index contributed by atoms with van der Waals surface area (Å²) in [6, 6.07) is 1.71. The SMILES string of the molecule is O=C(O)CC1(NC(=O)c2cnc(-c3ncccn3)s2)CCC1. The van der Waals surface area contributed by atoms with Gasteiger partial charge in [0, 0.05) is 12.4 Å². The Hall–Kier alpha value is -2.35. The lowest BCUT2D eigenvalue weighted by Crippen LogP contribution is -2.54. The highest BCUT2D eigenvalue weighted by atomic mass is 32.1. The number of carboxylic acid groups (broad SMARTS) is 1. The van der Waals surface area contributed by atoms with E-state index in [0.717, 1.165) is 6.42 Å². The van der Waals surface area contributed by atoms with E-state index in [1.807, 2.05) is 0 Å². The first-order valence-corrected chi connectivity index (χ1v) is 7.67. The molecule has 2 N–H and O–H groups in total. The quantitative estimate of drug-likeness (QED) is 0.870. The minimum Gasteiger partial charge on any atom is -0.481 e. The fourth-order valence-corrected chi connectivity index (χ4v) is 3.19. The van der Waals surface area contributed by atoms with E-state index in [9.17, 15) is 9.59 Å². The van der Waals surface area contributed by atoms with E-state index in [-0.39, 0.29) is 12.3 Å². The van der Waals surface area contributed by atoms with Gasteiger partial charge in [-0.05, 0) is 25.3 Å². The maximum absolute atomic E-state index is 12.3. The Bertz CT molecular complexity index is 697. The lowest BCUT2D eigenvalue weighted by atomic mass is 9.74. The molecule has 1 aliphatic rings. The van der Waals surface area contributed by atoms with Gasteiger partial charge in [0.1, 0.15) is 4.88 Å². The van der Waals surface area contributed by atoms with Crippen molar-refractivity contribution in [1.29, 1.82) is 0 Å². The van der Waals surface area contributed by atoms with Crippen LogP contribution in [-0.4, -0.2) is 37.5 Å². The number of amides is 1. The van der Waals surface area contributed by atoms with E-state index in [0.29, 0.717) is 28.6 Å². The standard InChI is InChI=1S/C14H14N4O3S/c19-10(20)7-14(3-1-4-14)18-12(21)9-8-17-13(22-9)11-15-5-2-6-16-11/h2,5-6,8H,1,3-4,7H2,(H,18,21)(H,19,20). The lowest BCUT2D eigenvalue weighted by Gasteiger charge is -2.41. The van der Waals surface area contributed by atoms with Gasteiger partial charge in [0.25, 0.3) is 5.91 Å². The van der Waals surface area contributed by atoms with Crippen LogP contribution in [0, 0.1) is 0 Å². The van der Waals surface area contributed by atoms with Crippen LogP contribution in [-0.2, 0) is 4.79 Å². The average Bonchev–Trinajstić information content (AvgIpc) is 2.95. The lowest BCUT2D eigenvalue weighted by molar-refractivity contribution is -0.139. The zero-order valence-corrected chi connectivity index (χ0v) is 12.5. The van der Waals surface area contributed by atoms with Crippen molar-refractivity contribution >= 4 is 23.2 Å². The second-order valence-electron chi connectivity index (χ2n) is 5.26. The van der Waals surface area contributed by atoms with Crippen LogP contribution in [0.5, 0.6) is 0 Å². The average molecular weight is 318 g/mol. The van der Waals surface area contributed by atoms with Gasteiger partial charge in [0.15, 0.2) is 10.8 Å². The minimum absolute atomic E-state index is 0.0494. The molecule has 0 aromatic carbocycles. The van der Waals surface area contributed by atoms with Crippen molar-refractivity contribution in [2.75, 3.05) is 0 Å². The number of nitrogens with zero attached hydrogens (tertiary/aromatic N) is 3. The molecule has 1 amide bonds. The van der Waals surface area contributed by atoms with Crippen LogP contribution in [0.1, 0.15) is 35.4 Å². The Morgan fingerprint density at radius 2 is 2.00 bits per heavy atom. The van der Waals surface area contributed by atoms with Crippen LogP contribution in [0.15, 0.2) is 24.7 Å². The number of nitrogens with one attached hydrogen (secondary N) is 1. The Morgan fingerprint density at radius 1 is 1.27 bits per heavy atom. The molecule has 114 valence electrons. The molecule has 22 heavy (non-hydrogen) atoms. The molecule has 1 aliphatic carbocycles. The van der Waals surface area contributed by atoms with Crippen LogP contribution in [0.4, 0.5) is 0 Å². The molecular weight excluding hydrogens is 304 g/mol. The molecule has 1 fully saturated rings. The van der Waals surface area contributed by atoms with Gasteiger partial charge in [0.2, 0.25) is 0 Å². The maximum Gasteiger partial charge on any atom is 0.305 e. The molecule has 3 rings (SSSR count). The van der Waals surface area contributed by atoms with E-state index in [1.165, 1.54) is 17.5 Å². The summed E-state index contributed by atoms with van der Waals surface area (Å²) in [5, 5.41) is 12.4. The first kappa shape index (κ1) is 14.6. The summed E-state index contributed by atoms with van der Waals surface area (Å²) in [4.78, 5) is 36.0. The number of hydrogen-bond acceptors (Lipinski definition) is 6. The molecule has 1 saturated carbocycles. The van der Waals surface area contributed by atoms with Gasteiger partial charge < -0.3 is 10.4 Å². The molecule has 0 atom stereocenters. The summed E-state index contributed by atoms with van der Waals surface area (Å²) >= 11 is 1.19. The number of carbonyl (C=O) groups is 2. The predicted octanol–water partition coefficient (Wildman–Crippen LogP) is 1.73. The van der Waals surface area contributed by atoms with Gasteiger partial charge in [-0.2, -0.15) is 0 Å². The van der Waals surface area contributed by atoms with Gasteiger partial charge in [-0.15, -0.1) is 11.3 Å². The third kappa shape index (κ3) is 2.96. The van der Waals surface area contributed by atoms with E-state index in [2.05, 4.69) is 20.3 Å². The van der Waals surface area contributed by atoms with Gasteiger partial charge in [0.05, 0.1) is 18.2 Å². The third-order valence-electron chi connectivity index (χ3n) is 3.67. The summed E-state index contributed by atoms with van der Waals surface area (Å²) in [6.07, 6.45) is 6.96. The van der Waals surface area contributed by atoms with Crippen molar-refractivity contribution in [2.24, 2.45) is 0 Å². The molecule has 0 saturated heterocycles. The highest BCUT2D eigenvalue weighted by Gasteiger charge is 2.40. The number of carboxylic acids is 1. The smallest absolute Gasteiger partial charge is 0.305 e. The second kappa shape index (κ2) is 5.80. The minimum atomic E-state index is -0.900. The van der Waals surface area contributed by atoms with Crippen molar-refractivity contribution < 1.29 is 14.7 Å². The number of aliphatic carboxylic acids is 1. The molecule has 0 aliphatic heterocycles. The van der Waals surface area contributed by atoms with E-state index >= 15 is 0 Å². The second-order valence-corrected chi connectivity index (χ2v) is 6.29.